The lowest BCUT2D eigenvalue weighted by atomic mass is 9.87. The fourth-order valence-electron chi connectivity index (χ4n) is 2.94. The van der Waals surface area contributed by atoms with Crippen molar-refractivity contribution in [1.29, 1.82) is 0 Å². The van der Waals surface area contributed by atoms with E-state index in [4.69, 9.17) is 4.74 Å². The average molecular weight is 365 g/mol. The van der Waals surface area contributed by atoms with Gasteiger partial charge < -0.3 is 4.74 Å². The highest BCUT2D eigenvalue weighted by Crippen LogP contribution is 2.24. The van der Waals surface area contributed by atoms with Crippen LogP contribution in [0.3, 0.4) is 0 Å². The van der Waals surface area contributed by atoms with Crippen LogP contribution in [0.15, 0.2) is 48.5 Å². The Morgan fingerprint density at radius 1 is 0.926 bits per heavy atom. The largest absolute Gasteiger partial charge is 0.457 e. The summed E-state index contributed by atoms with van der Waals surface area (Å²) in [6.45, 7) is 6.63. The molecule has 1 aliphatic rings. The third-order valence-electron chi connectivity index (χ3n) is 4.60. The standard InChI is InChI=1S/C22H23NO4/c1-22(2,3)17-8-4-15(5-9-17)14-27-21(26)16-6-10-18(11-7-16)23-19(24)12-13-20(23)25/h4-11H,12-14H2,1-3H3. The molecule has 140 valence electrons. The van der Waals surface area contributed by atoms with Gasteiger partial charge in [0, 0.05) is 12.8 Å². The fourth-order valence-corrected chi connectivity index (χ4v) is 2.94. The number of ether oxygens (including phenoxy) is 1. The maximum Gasteiger partial charge on any atom is 0.338 e. The molecule has 0 unspecified atom stereocenters. The summed E-state index contributed by atoms with van der Waals surface area (Å²) >= 11 is 0. The van der Waals surface area contributed by atoms with Crippen LogP contribution in [0.5, 0.6) is 0 Å². The number of hydrogen-bond donors (Lipinski definition) is 0. The van der Waals surface area contributed by atoms with E-state index in [-0.39, 0.29) is 36.7 Å². The van der Waals surface area contributed by atoms with Crippen molar-refractivity contribution in [3.8, 4) is 0 Å². The molecule has 2 aromatic rings. The van der Waals surface area contributed by atoms with Crippen molar-refractivity contribution in [3.63, 3.8) is 0 Å². The molecular weight excluding hydrogens is 342 g/mol. The number of anilines is 1. The number of nitrogens with zero attached hydrogens (tertiary/aromatic N) is 1. The summed E-state index contributed by atoms with van der Waals surface area (Å²) in [6, 6.07) is 14.3. The Morgan fingerprint density at radius 3 is 2.00 bits per heavy atom. The predicted octanol–water partition coefficient (Wildman–Crippen LogP) is 3.99. The number of carbonyl (C=O) groups excluding carboxylic acids is 3. The minimum absolute atomic E-state index is 0.0784. The van der Waals surface area contributed by atoms with Crippen molar-refractivity contribution in [2.45, 2.75) is 45.6 Å². The molecule has 0 atom stereocenters. The Morgan fingerprint density at radius 2 is 1.48 bits per heavy atom. The lowest BCUT2D eigenvalue weighted by Gasteiger charge is -2.19. The van der Waals surface area contributed by atoms with Gasteiger partial charge in [-0.05, 0) is 40.8 Å². The van der Waals surface area contributed by atoms with Crippen LogP contribution < -0.4 is 4.90 Å². The molecule has 0 bridgehead atoms. The Labute approximate surface area is 158 Å². The summed E-state index contributed by atoms with van der Waals surface area (Å²) in [5.41, 5.74) is 3.08. The van der Waals surface area contributed by atoms with Crippen molar-refractivity contribution in [1.82, 2.24) is 0 Å². The second-order valence-electron chi connectivity index (χ2n) is 7.69. The van der Waals surface area contributed by atoms with E-state index in [9.17, 15) is 14.4 Å². The van der Waals surface area contributed by atoms with Crippen LogP contribution in [0.4, 0.5) is 5.69 Å². The van der Waals surface area contributed by atoms with E-state index in [0.29, 0.717) is 11.3 Å². The van der Waals surface area contributed by atoms with E-state index >= 15 is 0 Å². The van der Waals surface area contributed by atoms with E-state index < -0.39 is 5.97 Å². The number of hydrogen-bond acceptors (Lipinski definition) is 4. The number of amides is 2. The summed E-state index contributed by atoms with van der Waals surface area (Å²) in [6.07, 6.45) is 0.466. The molecule has 0 saturated carbocycles. The molecule has 1 fully saturated rings. The van der Waals surface area contributed by atoms with Gasteiger partial charge in [0.05, 0.1) is 11.3 Å². The fraction of sp³-hybridized carbons (Fsp3) is 0.318. The highest BCUT2D eigenvalue weighted by molar-refractivity contribution is 6.19. The third kappa shape index (κ3) is 4.25. The lowest BCUT2D eigenvalue weighted by Crippen LogP contribution is -2.28. The topological polar surface area (TPSA) is 63.7 Å². The predicted molar refractivity (Wildman–Crippen MR) is 102 cm³/mol. The zero-order valence-electron chi connectivity index (χ0n) is 15.8. The van der Waals surface area contributed by atoms with Gasteiger partial charge in [0.15, 0.2) is 0 Å². The summed E-state index contributed by atoms with van der Waals surface area (Å²) in [5.74, 6) is -0.872. The Bertz CT molecular complexity index is 845. The zero-order chi connectivity index (χ0) is 19.6. The molecule has 0 spiro atoms. The minimum atomic E-state index is -0.444. The van der Waals surface area contributed by atoms with Crippen LogP contribution in [-0.4, -0.2) is 17.8 Å². The van der Waals surface area contributed by atoms with Crippen molar-refractivity contribution in [3.05, 3.63) is 65.2 Å². The van der Waals surface area contributed by atoms with Gasteiger partial charge >= 0.3 is 5.97 Å². The smallest absolute Gasteiger partial charge is 0.338 e. The van der Waals surface area contributed by atoms with E-state index in [0.717, 1.165) is 10.5 Å². The molecule has 0 aliphatic carbocycles. The van der Waals surface area contributed by atoms with E-state index in [1.807, 2.05) is 24.3 Å². The van der Waals surface area contributed by atoms with Gasteiger partial charge in [-0.15, -0.1) is 0 Å². The first-order valence-corrected chi connectivity index (χ1v) is 8.98. The monoisotopic (exact) mass is 365 g/mol. The molecular formula is C22H23NO4. The van der Waals surface area contributed by atoms with Gasteiger partial charge in [0.1, 0.15) is 6.61 Å². The molecule has 5 heteroatoms. The number of rotatable bonds is 4. The maximum absolute atomic E-state index is 12.2. The number of carbonyl (C=O) groups is 3. The van der Waals surface area contributed by atoms with Gasteiger partial charge in [-0.3, -0.25) is 14.5 Å². The first-order chi connectivity index (χ1) is 12.8. The molecule has 1 aliphatic heterocycles. The van der Waals surface area contributed by atoms with E-state index in [2.05, 4.69) is 20.8 Å². The zero-order valence-corrected chi connectivity index (χ0v) is 15.8. The maximum atomic E-state index is 12.2. The van der Waals surface area contributed by atoms with Gasteiger partial charge in [-0.25, -0.2) is 4.79 Å². The van der Waals surface area contributed by atoms with Crippen molar-refractivity contribution < 1.29 is 19.1 Å². The number of benzene rings is 2. The summed E-state index contributed by atoms with van der Waals surface area (Å²) < 4.78 is 5.36. The van der Waals surface area contributed by atoms with Crippen molar-refractivity contribution >= 4 is 23.5 Å². The third-order valence-corrected chi connectivity index (χ3v) is 4.60. The van der Waals surface area contributed by atoms with Gasteiger partial charge in [-0.2, -0.15) is 0 Å². The molecule has 3 rings (SSSR count). The molecule has 1 heterocycles. The van der Waals surface area contributed by atoms with Crippen LogP contribution in [0, 0.1) is 0 Å². The summed E-state index contributed by atoms with van der Waals surface area (Å²) in [7, 11) is 0. The van der Waals surface area contributed by atoms with Crippen molar-refractivity contribution in [2.24, 2.45) is 0 Å². The number of esters is 1. The van der Waals surface area contributed by atoms with E-state index in [1.54, 1.807) is 24.3 Å². The molecule has 0 N–H and O–H groups in total. The second kappa shape index (κ2) is 7.35. The SMILES string of the molecule is CC(C)(C)c1ccc(COC(=O)c2ccc(N3C(=O)CCC3=O)cc2)cc1. The van der Waals surface area contributed by atoms with Gasteiger partial charge in [0.25, 0.3) is 0 Å². The molecule has 2 aromatic carbocycles. The molecule has 2 amide bonds. The molecule has 1 saturated heterocycles. The van der Waals surface area contributed by atoms with Gasteiger partial charge in [0.2, 0.25) is 11.8 Å². The highest BCUT2D eigenvalue weighted by atomic mass is 16.5. The quantitative estimate of drug-likeness (QED) is 0.607. The van der Waals surface area contributed by atoms with Crippen LogP contribution in [0.1, 0.15) is 55.1 Å². The molecule has 5 nitrogen and oxygen atoms in total. The van der Waals surface area contributed by atoms with E-state index in [1.165, 1.54) is 5.56 Å². The van der Waals surface area contributed by atoms with Gasteiger partial charge in [-0.1, -0.05) is 45.0 Å². The Hall–Kier alpha value is -2.95. The van der Waals surface area contributed by atoms with Crippen LogP contribution in [-0.2, 0) is 26.3 Å². The molecule has 27 heavy (non-hydrogen) atoms. The lowest BCUT2D eigenvalue weighted by molar-refractivity contribution is -0.121. The molecule has 0 aromatic heterocycles. The van der Waals surface area contributed by atoms with Crippen LogP contribution in [0.2, 0.25) is 0 Å². The normalized spacial score (nSPS) is 14.6. The minimum Gasteiger partial charge on any atom is -0.457 e. The highest BCUT2D eigenvalue weighted by Gasteiger charge is 2.30. The number of imide groups is 1. The summed E-state index contributed by atoms with van der Waals surface area (Å²) in [5, 5.41) is 0. The van der Waals surface area contributed by atoms with Crippen LogP contribution in [0.25, 0.3) is 0 Å². The Kier molecular flexibility index (Phi) is 5.13. The average Bonchev–Trinajstić information content (AvgIpc) is 2.98. The summed E-state index contributed by atoms with van der Waals surface area (Å²) in [4.78, 5) is 36.9. The Balaban J connectivity index is 1.61. The first kappa shape index (κ1) is 18.8. The first-order valence-electron chi connectivity index (χ1n) is 8.98. The molecule has 0 radical (unpaired) electrons. The van der Waals surface area contributed by atoms with Crippen LogP contribution >= 0.6 is 0 Å². The van der Waals surface area contributed by atoms with Crippen molar-refractivity contribution in [2.75, 3.05) is 4.90 Å². The second-order valence-corrected chi connectivity index (χ2v) is 7.69.